The number of aryl methyl sites for hydroxylation is 3. The number of nitrogens with one attached hydrogen (secondary N) is 2. The molecule has 1 aromatic heterocycles. The van der Waals surface area contributed by atoms with Crippen molar-refractivity contribution in [2.24, 2.45) is 0 Å². The summed E-state index contributed by atoms with van der Waals surface area (Å²) in [5.41, 5.74) is 6.67. The smallest absolute Gasteiger partial charge is 0.259 e. The van der Waals surface area contributed by atoms with Gasteiger partial charge in [-0.3, -0.25) is 4.79 Å². The van der Waals surface area contributed by atoms with E-state index in [1.165, 1.54) is 11.1 Å². The van der Waals surface area contributed by atoms with Crippen LogP contribution < -0.4 is 10.6 Å². The second-order valence-electron chi connectivity index (χ2n) is 8.09. The van der Waals surface area contributed by atoms with E-state index in [1.807, 2.05) is 29.8 Å². The molecule has 0 unspecified atom stereocenters. The molecule has 2 N–H and O–H groups in total. The normalized spacial score (nSPS) is 14.7. The van der Waals surface area contributed by atoms with Gasteiger partial charge < -0.3 is 10.6 Å². The number of rotatable bonds is 4. The van der Waals surface area contributed by atoms with Crippen molar-refractivity contribution >= 4 is 23.2 Å². The minimum Gasteiger partial charge on any atom is -0.321 e. The third kappa shape index (κ3) is 4.13. The minimum absolute atomic E-state index is 0.177. The zero-order valence-corrected chi connectivity index (χ0v) is 18.4. The summed E-state index contributed by atoms with van der Waals surface area (Å²) in [7, 11) is 0. The molecule has 1 amide bonds. The van der Waals surface area contributed by atoms with Crippen molar-refractivity contribution in [3.05, 3.63) is 75.6 Å². The highest BCUT2D eigenvalue weighted by Gasteiger charge is 2.27. The SMILES string of the molecule is Cc1ccc(NC(=O)c2cnn(-c3ccc(C)c(C)c3)c2C2CCNCC2)c(Cl)c1. The van der Waals surface area contributed by atoms with Crippen LogP contribution in [0.5, 0.6) is 0 Å². The molecule has 6 heteroatoms. The average Bonchev–Trinajstić information content (AvgIpc) is 3.18. The molecule has 5 nitrogen and oxygen atoms in total. The van der Waals surface area contributed by atoms with Crippen LogP contribution in [0.25, 0.3) is 5.69 Å². The number of benzene rings is 2. The van der Waals surface area contributed by atoms with Gasteiger partial charge >= 0.3 is 0 Å². The summed E-state index contributed by atoms with van der Waals surface area (Å²) in [6, 6.07) is 11.9. The Morgan fingerprint density at radius 3 is 2.57 bits per heavy atom. The van der Waals surface area contributed by atoms with Crippen LogP contribution in [0.1, 0.15) is 51.5 Å². The third-order valence-electron chi connectivity index (χ3n) is 5.88. The summed E-state index contributed by atoms with van der Waals surface area (Å²) in [4.78, 5) is 13.2. The second-order valence-corrected chi connectivity index (χ2v) is 8.49. The molecule has 0 aliphatic carbocycles. The maximum absolute atomic E-state index is 13.2. The van der Waals surface area contributed by atoms with Gasteiger partial charge in [0.05, 0.1) is 33.9 Å². The van der Waals surface area contributed by atoms with E-state index in [1.54, 1.807) is 6.20 Å². The summed E-state index contributed by atoms with van der Waals surface area (Å²) in [6.07, 6.45) is 3.63. The molecule has 3 aromatic rings. The number of aromatic nitrogens is 2. The predicted molar refractivity (Wildman–Crippen MR) is 122 cm³/mol. The van der Waals surface area contributed by atoms with Crippen molar-refractivity contribution in [3.8, 4) is 5.69 Å². The largest absolute Gasteiger partial charge is 0.321 e. The van der Waals surface area contributed by atoms with E-state index in [4.69, 9.17) is 11.6 Å². The summed E-state index contributed by atoms with van der Waals surface area (Å²) in [5.74, 6) is 0.0916. The first kappa shape index (κ1) is 20.6. The van der Waals surface area contributed by atoms with Crippen LogP contribution in [0.3, 0.4) is 0 Å². The van der Waals surface area contributed by atoms with Gasteiger partial charge in [0.15, 0.2) is 0 Å². The zero-order valence-electron chi connectivity index (χ0n) is 17.6. The monoisotopic (exact) mass is 422 g/mol. The second kappa shape index (κ2) is 8.62. The van der Waals surface area contributed by atoms with Gasteiger partial charge in [-0.25, -0.2) is 4.68 Å². The Balaban J connectivity index is 1.74. The van der Waals surface area contributed by atoms with Crippen LogP contribution in [-0.2, 0) is 0 Å². The molecule has 30 heavy (non-hydrogen) atoms. The van der Waals surface area contributed by atoms with Crippen LogP contribution in [0, 0.1) is 20.8 Å². The number of nitrogens with zero attached hydrogens (tertiary/aromatic N) is 2. The highest BCUT2D eigenvalue weighted by atomic mass is 35.5. The van der Waals surface area contributed by atoms with E-state index in [9.17, 15) is 4.79 Å². The molecule has 4 rings (SSSR count). The Hall–Kier alpha value is -2.63. The number of carbonyl (C=O) groups is 1. The van der Waals surface area contributed by atoms with E-state index < -0.39 is 0 Å². The Bertz CT molecular complexity index is 1080. The van der Waals surface area contributed by atoms with Crippen LogP contribution in [0.15, 0.2) is 42.6 Å². The first-order chi connectivity index (χ1) is 14.4. The zero-order chi connectivity index (χ0) is 21.3. The molecule has 2 heterocycles. The molecule has 0 bridgehead atoms. The van der Waals surface area contributed by atoms with Gasteiger partial charge in [-0.2, -0.15) is 5.10 Å². The van der Waals surface area contributed by atoms with E-state index in [0.717, 1.165) is 42.9 Å². The molecule has 1 fully saturated rings. The first-order valence-corrected chi connectivity index (χ1v) is 10.8. The molecule has 1 aliphatic heterocycles. The van der Waals surface area contributed by atoms with Gasteiger partial charge in [-0.1, -0.05) is 23.7 Å². The lowest BCUT2D eigenvalue weighted by atomic mass is 9.91. The molecule has 2 aromatic carbocycles. The van der Waals surface area contributed by atoms with E-state index in [0.29, 0.717) is 16.3 Å². The summed E-state index contributed by atoms with van der Waals surface area (Å²) >= 11 is 6.34. The number of carbonyl (C=O) groups excluding carboxylic acids is 1. The number of piperidine rings is 1. The van der Waals surface area contributed by atoms with Gasteiger partial charge in [-0.15, -0.1) is 0 Å². The highest BCUT2D eigenvalue weighted by Crippen LogP contribution is 2.32. The number of hydrogen-bond donors (Lipinski definition) is 2. The predicted octanol–water partition coefficient (Wildman–Crippen LogP) is 5.17. The van der Waals surface area contributed by atoms with Gasteiger partial charge in [-0.05, 0) is 87.7 Å². The van der Waals surface area contributed by atoms with Crippen LogP contribution in [-0.4, -0.2) is 28.8 Å². The van der Waals surface area contributed by atoms with Gasteiger partial charge in [0.2, 0.25) is 0 Å². The topological polar surface area (TPSA) is 59.0 Å². The Labute approximate surface area is 182 Å². The van der Waals surface area contributed by atoms with E-state index in [-0.39, 0.29) is 11.8 Å². The Morgan fingerprint density at radius 2 is 1.87 bits per heavy atom. The van der Waals surface area contributed by atoms with E-state index >= 15 is 0 Å². The molecule has 0 radical (unpaired) electrons. The first-order valence-electron chi connectivity index (χ1n) is 10.4. The van der Waals surface area contributed by atoms with Crippen molar-refractivity contribution in [1.29, 1.82) is 0 Å². The fraction of sp³-hybridized carbons (Fsp3) is 0.333. The summed E-state index contributed by atoms with van der Waals surface area (Å²) in [6.45, 7) is 8.04. The van der Waals surface area contributed by atoms with Crippen molar-refractivity contribution < 1.29 is 4.79 Å². The lowest BCUT2D eigenvalue weighted by molar-refractivity contribution is 0.102. The third-order valence-corrected chi connectivity index (χ3v) is 6.20. The number of hydrogen-bond acceptors (Lipinski definition) is 3. The van der Waals surface area contributed by atoms with Crippen molar-refractivity contribution in [2.45, 2.75) is 39.5 Å². The molecule has 0 atom stereocenters. The molecule has 1 aliphatic rings. The number of halogens is 1. The van der Waals surface area contributed by atoms with Crippen molar-refractivity contribution in [2.75, 3.05) is 18.4 Å². The molecular weight excluding hydrogens is 396 g/mol. The quantitative estimate of drug-likeness (QED) is 0.609. The van der Waals surface area contributed by atoms with Crippen molar-refractivity contribution in [3.63, 3.8) is 0 Å². The Kier molecular flexibility index (Phi) is 5.93. The molecular formula is C24H27ClN4O. The fourth-order valence-electron chi connectivity index (χ4n) is 4.00. The highest BCUT2D eigenvalue weighted by molar-refractivity contribution is 6.34. The minimum atomic E-state index is -0.177. The van der Waals surface area contributed by atoms with Gasteiger partial charge in [0.1, 0.15) is 0 Å². The van der Waals surface area contributed by atoms with Crippen molar-refractivity contribution in [1.82, 2.24) is 15.1 Å². The van der Waals surface area contributed by atoms with Gasteiger partial charge in [0.25, 0.3) is 5.91 Å². The standard InChI is InChI=1S/C24H27ClN4O/c1-15-4-7-22(21(25)12-15)28-24(30)20-14-27-29(19-6-5-16(2)17(3)13-19)23(20)18-8-10-26-11-9-18/h4-7,12-14,18,26H,8-11H2,1-3H3,(H,28,30). The maximum atomic E-state index is 13.2. The van der Waals surface area contributed by atoms with Crippen LogP contribution in [0.4, 0.5) is 5.69 Å². The molecule has 0 saturated carbocycles. The van der Waals surface area contributed by atoms with Crippen LogP contribution >= 0.6 is 11.6 Å². The molecule has 0 spiro atoms. The lowest BCUT2D eigenvalue weighted by Gasteiger charge is -2.25. The molecule has 156 valence electrons. The Morgan fingerprint density at radius 1 is 1.10 bits per heavy atom. The fourth-order valence-corrected chi connectivity index (χ4v) is 4.28. The number of amides is 1. The number of anilines is 1. The average molecular weight is 423 g/mol. The van der Waals surface area contributed by atoms with E-state index in [2.05, 4.69) is 47.8 Å². The van der Waals surface area contributed by atoms with Gasteiger partial charge in [0, 0.05) is 5.92 Å². The molecule has 1 saturated heterocycles. The maximum Gasteiger partial charge on any atom is 0.259 e. The summed E-state index contributed by atoms with van der Waals surface area (Å²) < 4.78 is 1.94. The summed E-state index contributed by atoms with van der Waals surface area (Å²) in [5, 5.41) is 11.6. The van der Waals surface area contributed by atoms with Crippen LogP contribution in [0.2, 0.25) is 5.02 Å². The lowest BCUT2D eigenvalue weighted by Crippen LogP contribution is -2.29.